The fraction of sp³-hybridized carbons (Fsp3) is 0.600. The molecule has 0 amide bonds. The van der Waals surface area contributed by atoms with E-state index in [0.29, 0.717) is 0 Å². The normalized spacial score (nSPS) is 25.1. The second-order valence-electron chi connectivity index (χ2n) is 1.90. The van der Waals surface area contributed by atoms with Gasteiger partial charge in [0.15, 0.2) is 0 Å². The van der Waals surface area contributed by atoms with Crippen molar-refractivity contribution in [1.82, 2.24) is 4.90 Å². The number of nitrogens with two attached hydrogens (primary N) is 1. The molecule has 3 nitrogen and oxygen atoms in total. The lowest BCUT2D eigenvalue weighted by atomic mass is 10.4. The Hall–Kier alpha value is -0.730. The third-order valence-electron chi connectivity index (χ3n) is 1.31. The molecule has 3 heteroatoms. The van der Waals surface area contributed by atoms with Crippen LogP contribution >= 0.6 is 0 Å². The van der Waals surface area contributed by atoms with E-state index in [4.69, 9.17) is 5.84 Å². The van der Waals surface area contributed by atoms with Crippen molar-refractivity contribution in [2.75, 3.05) is 13.6 Å². The van der Waals surface area contributed by atoms with Gasteiger partial charge in [0.05, 0.1) is 0 Å². The Bertz CT molecular complexity index is 108. The molecule has 0 aliphatic carbocycles. The van der Waals surface area contributed by atoms with Crippen molar-refractivity contribution in [3.63, 3.8) is 0 Å². The SMILES string of the molecule is CN1CC[CH]C1=NN. The van der Waals surface area contributed by atoms with Gasteiger partial charge in [0.1, 0.15) is 5.84 Å². The first-order chi connectivity index (χ1) is 3.84. The van der Waals surface area contributed by atoms with Gasteiger partial charge in [-0.15, -0.1) is 0 Å². The lowest BCUT2D eigenvalue weighted by Crippen LogP contribution is -2.20. The molecule has 0 aromatic rings. The van der Waals surface area contributed by atoms with Crippen molar-refractivity contribution in [2.45, 2.75) is 6.42 Å². The molecule has 0 bridgehead atoms. The second-order valence-corrected chi connectivity index (χ2v) is 1.90. The van der Waals surface area contributed by atoms with Crippen molar-refractivity contribution in [2.24, 2.45) is 10.9 Å². The minimum atomic E-state index is 0.907. The molecule has 45 valence electrons. The predicted octanol–water partition coefficient (Wildman–Crippen LogP) is -0.202. The molecule has 0 saturated carbocycles. The smallest absolute Gasteiger partial charge is 0.128 e. The Kier molecular flexibility index (Phi) is 1.37. The van der Waals surface area contributed by atoms with Crippen LogP contribution in [0.5, 0.6) is 0 Å². The number of rotatable bonds is 0. The average molecular weight is 112 g/mol. The standard InChI is InChI=1S/C5H10N3/c1-8-4-2-3-5(8)7-6/h3H,2,4,6H2,1H3. The van der Waals surface area contributed by atoms with Gasteiger partial charge in [0, 0.05) is 20.0 Å². The minimum Gasteiger partial charge on any atom is -0.361 e. The van der Waals surface area contributed by atoms with Crippen LogP contribution < -0.4 is 5.84 Å². The summed E-state index contributed by atoms with van der Waals surface area (Å²) in [5.41, 5.74) is 0. The van der Waals surface area contributed by atoms with Crippen LogP contribution in [-0.2, 0) is 0 Å². The number of nitrogens with zero attached hydrogens (tertiary/aromatic N) is 2. The van der Waals surface area contributed by atoms with Crippen LogP contribution in [0.25, 0.3) is 0 Å². The van der Waals surface area contributed by atoms with Crippen molar-refractivity contribution < 1.29 is 0 Å². The van der Waals surface area contributed by atoms with Gasteiger partial charge in [-0.05, 0) is 6.42 Å². The molecule has 1 rings (SSSR count). The fourth-order valence-corrected chi connectivity index (χ4v) is 0.809. The molecular weight excluding hydrogens is 102 g/mol. The van der Waals surface area contributed by atoms with Crippen molar-refractivity contribution >= 4 is 5.84 Å². The van der Waals surface area contributed by atoms with Gasteiger partial charge in [-0.25, -0.2) is 0 Å². The lowest BCUT2D eigenvalue weighted by Gasteiger charge is -2.07. The molecule has 0 spiro atoms. The summed E-state index contributed by atoms with van der Waals surface area (Å²) in [6, 6.07) is 0. The Morgan fingerprint density at radius 1 is 1.88 bits per heavy atom. The van der Waals surface area contributed by atoms with Gasteiger partial charge in [-0.2, -0.15) is 5.10 Å². The highest BCUT2D eigenvalue weighted by Crippen LogP contribution is 2.05. The molecule has 8 heavy (non-hydrogen) atoms. The van der Waals surface area contributed by atoms with Crippen molar-refractivity contribution in [3.8, 4) is 0 Å². The highest BCUT2D eigenvalue weighted by molar-refractivity contribution is 5.91. The zero-order chi connectivity index (χ0) is 5.98. The number of hydrogen-bond acceptors (Lipinski definition) is 2. The first-order valence-corrected chi connectivity index (χ1v) is 2.67. The van der Waals surface area contributed by atoms with E-state index in [1.54, 1.807) is 0 Å². The summed E-state index contributed by atoms with van der Waals surface area (Å²) in [6.07, 6.45) is 3.10. The molecular formula is C5H10N3. The van der Waals surface area contributed by atoms with E-state index in [1.807, 2.05) is 18.4 Å². The van der Waals surface area contributed by atoms with Crippen LogP contribution in [0.2, 0.25) is 0 Å². The monoisotopic (exact) mass is 112 g/mol. The van der Waals surface area contributed by atoms with Crippen molar-refractivity contribution in [3.05, 3.63) is 6.42 Å². The molecule has 1 saturated heterocycles. The number of hydrogen-bond donors (Lipinski definition) is 1. The van der Waals surface area contributed by atoms with Crippen molar-refractivity contribution in [1.29, 1.82) is 0 Å². The molecule has 1 heterocycles. The maximum Gasteiger partial charge on any atom is 0.128 e. The molecule has 0 atom stereocenters. The van der Waals surface area contributed by atoms with Gasteiger partial charge >= 0.3 is 0 Å². The lowest BCUT2D eigenvalue weighted by molar-refractivity contribution is 0.549. The van der Waals surface area contributed by atoms with E-state index in [9.17, 15) is 0 Å². The second kappa shape index (κ2) is 2.03. The van der Waals surface area contributed by atoms with Crippen LogP contribution in [0, 0.1) is 6.42 Å². The average Bonchev–Trinajstić information content (AvgIpc) is 2.14. The third kappa shape index (κ3) is 0.757. The quantitative estimate of drug-likeness (QED) is 0.348. The van der Waals surface area contributed by atoms with E-state index in [0.717, 1.165) is 18.8 Å². The highest BCUT2D eigenvalue weighted by Gasteiger charge is 2.12. The zero-order valence-electron chi connectivity index (χ0n) is 4.96. The van der Waals surface area contributed by atoms with E-state index in [-0.39, 0.29) is 0 Å². The summed E-state index contributed by atoms with van der Waals surface area (Å²) >= 11 is 0. The molecule has 0 unspecified atom stereocenters. The van der Waals surface area contributed by atoms with Gasteiger partial charge in [-0.3, -0.25) is 0 Å². The van der Waals surface area contributed by atoms with Crippen LogP contribution in [0.15, 0.2) is 5.10 Å². The molecule has 0 aromatic heterocycles. The summed E-state index contributed by atoms with van der Waals surface area (Å²) in [7, 11) is 1.98. The van der Waals surface area contributed by atoms with E-state index in [1.165, 1.54) is 0 Å². The molecule has 1 fully saturated rings. The molecule has 1 aliphatic rings. The third-order valence-corrected chi connectivity index (χ3v) is 1.31. The van der Waals surface area contributed by atoms with Crippen LogP contribution in [0.1, 0.15) is 6.42 Å². The van der Waals surface area contributed by atoms with Crippen LogP contribution in [0.3, 0.4) is 0 Å². The summed E-state index contributed by atoms with van der Waals surface area (Å²) < 4.78 is 0. The Morgan fingerprint density at radius 2 is 2.62 bits per heavy atom. The predicted molar refractivity (Wildman–Crippen MR) is 33.2 cm³/mol. The maximum atomic E-state index is 5.04. The maximum absolute atomic E-state index is 5.04. The summed E-state index contributed by atoms with van der Waals surface area (Å²) in [5, 5.41) is 3.56. The van der Waals surface area contributed by atoms with Gasteiger partial charge in [0.25, 0.3) is 0 Å². The first kappa shape index (κ1) is 5.41. The zero-order valence-corrected chi connectivity index (χ0v) is 4.96. The summed E-state index contributed by atoms with van der Waals surface area (Å²) in [5.74, 6) is 5.95. The largest absolute Gasteiger partial charge is 0.361 e. The van der Waals surface area contributed by atoms with Gasteiger partial charge in [0.2, 0.25) is 0 Å². The number of amidine groups is 1. The van der Waals surface area contributed by atoms with Gasteiger partial charge < -0.3 is 10.7 Å². The molecule has 2 N–H and O–H groups in total. The highest BCUT2D eigenvalue weighted by atomic mass is 15.3. The van der Waals surface area contributed by atoms with E-state index >= 15 is 0 Å². The fourth-order valence-electron chi connectivity index (χ4n) is 0.809. The number of hydrazone groups is 1. The summed E-state index contributed by atoms with van der Waals surface area (Å²) in [6.45, 7) is 1.05. The van der Waals surface area contributed by atoms with Crippen LogP contribution in [0.4, 0.5) is 0 Å². The van der Waals surface area contributed by atoms with E-state index < -0.39 is 0 Å². The molecule has 1 radical (unpaired) electrons. The summed E-state index contributed by atoms with van der Waals surface area (Å²) in [4.78, 5) is 2.03. The van der Waals surface area contributed by atoms with Gasteiger partial charge in [-0.1, -0.05) is 0 Å². The first-order valence-electron chi connectivity index (χ1n) is 2.67. The van der Waals surface area contributed by atoms with E-state index in [2.05, 4.69) is 5.10 Å². The van der Waals surface area contributed by atoms with Crippen LogP contribution in [-0.4, -0.2) is 24.3 Å². The topological polar surface area (TPSA) is 41.6 Å². The Morgan fingerprint density at radius 3 is 2.88 bits per heavy atom. The number of likely N-dealkylation sites (tertiary alicyclic amines) is 1. The Labute approximate surface area is 49.2 Å². The minimum absolute atomic E-state index is 0.907. The molecule has 1 aliphatic heterocycles. The Balaban J connectivity index is 2.55. The molecule has 0 aromatic carbocycles.